The van der Waals surface area contributed by atoms with Crippen LogP contribution < -0.4 is 4.74 Å². The summed E-state index contributed by atoms with van der Waals surface area (Å²) in [7, 11) is 0. The van der Waals surface area contributed by atoms with Gasteiger partial charge in [-0.1, -0.05) is 25.5 Å². The second kappa shape index (κ2) is 13.9. The molecule has 0 unspecified atom stereocenters. The fourth-order valence-electron chi connectivity index (χ4n) is 3.97. The largest absolute Gasteiger partial charge is 0.482 e. The van der Waals surface area contributed by atoms with Crippen molar-refractivity contribution < 1.29 is 29.6 Å². The van der Waals surface area contributed by atoms with Crippen molar-refractivity contribution in [3.8, 4) is 5.75 Å². The average molecular weight is 574 g/mol. The Morgan fingerprint density at radius 1 is 1.18 bits per heavy atom. The summed E-state index contributed by atoms with van der Waals surface area (Å²) in [5, 5.41) is 20.2. The zero-order valence-electron chi connectivity index (χ0n) is 19.6. The minimum atomic E-state index is -1.06. The summed E-state index contributed by atoms with van der Waals surface area (Å²) < 4.78 is 7.02. The van der Waals surface area contributed by atoms with Gasteiger partial charge in [-0.25, -0.2) is 4.89 Å². The van der Waals surface area contributed by atoms with Gasteiger partial charge in [-0.15, -0.1) is 0 Å². The van der Waals surface area contributed by atoms with Gasteiger partial charge in [-0.05, 0) is 61.1 Å². The normalized spacial score (nSPS) is 20.2. The minimum Gasteiger partial charge on any atom is -0.482 e. The second-order valence-corrected chi connectivity index (χ2v) is 9.13. The Bertz CT molecular complexity index is 814. The Labute approximate surface area is 209 Å². The summed E-state index contributed by atoms with van der Waals surface area (Å²) >= 11 is 2.16. The molecule has 1 aromatic carbocycles. The Kier molecular flexibility index (Phi) is 11.6. The van der Waals surface area contributed by atoms with Crippen LogP contribution in [0.25, 0.3) is 0 Å². The molecule has 0 spiro atoms. The van der Waals surface area contributed by atoms with E-state index in [1.54, 1.807) is 11.0 Å². The third-order valence-electron chi connectivity index (χ3n) is 5.84. The molecule has 0 bridgehead atoms. The number of para-hydroxylation sites is 1. The number of rotatable bonds is 12. The SMILES string of the molecule is CCCCC(=O)N(CCOO)[C@@H]1CC(C(=O)N(CC)CC)=C[C@H](Oc2ccccc2I)[C@H]1O. The van der Waals surface area contributed by atoms with Crippen molar-refractivity contribution in [3.63, 3.8) is 0 Å². The van der Waals surface area contributed by atoms with Gasteiger partial charge in [0, 0.05) is 38.0 Å². The monoisotopic (exact) mass is 574 g/mol. The van der Waals surface area contributed by atoms with E-state index in [9.17, 15) is 14.7 Å². The first-order valence-corrected chi connectivity index (χ1v) is 12.6. The molecule has 0 aliphatic heterocycles. The van der Waals surface area contributed by atoms with Crippen molar-refractivity contribution in [1.82, 2.24) is 9.80 Å². The van der Waals surface area contributed by atoms with E-state index in [2.05, 4.69) is 27.5 Å². The number of benzene rings is 1. The van der Waals surface area contributed by atoms with Crippen LogP contribution in [0.5, 0.6) is 5.75 Å². The smallest absolute Gasteiger partial charge is 0.249 e. The van der Waals surface area contributed by atoms with E-state index in [1.165, 1.54) is 4.90 Å². The topological polar surface area (TPSA) is 99.5 Å². The molecule has 33 heavy (non-hydrogen) atoms. The van der Waals surface area contributed by atoms with Crippen LogP contribution in [0.2, 0.25) is 0 Å². The summed E-state index contributed by atoms with van der Waals surface area (Å²) in [4.78, 5) is 33.7. The van der Waals surface area contributed by atoms with Crippen LogP contribution in [-0.2, 0) is 14.5 Å². The van der Waals surface area contributed by atoms with Gasteiger partial charge < -0.3 is 19.6 Å². The van der Waals surface area contributed by atoms with Crippen LogP contribution in [-0.4, -0.2) is 76.5 Å². The first-order chi connectivity index (χ1) is 15.9. The van der Waals surface area contributed by atoms with Crippen LogP contribution in [0, 0.1) is 3.57 Å². The number of aliphatic hydroxyl groups is 1. The van der Waals surface area contributed by atoms with Crippen LogP contribution in [0.3, 0.4) is 0 Å². The highest BCUT2D eigenvalue weighted by molar-refractivity contribution is 14.1. The number of amides is 2. The molecule has 1 aliphatic rings. The maximum Gasteiger partial charge on any atom is 0.249 e. The van der Waals surface area contributed by atoms with Crippen LogP contribution in [0.4, 0.5) is 0 Å². The zero-order chi connectivity index (χ0) is 24.4. The molecule has 1 aromatic rings. The van der Waals surface area contributed by atoms with Crippen LogP contribution in [0.15, 0.2) is 35.9 Å². The fourth-order valence-corrected chi connectivity index (χ4v) is 4.49. The van der Waals surface area contributed by atoms with E-state index >= 15 is 0 Å². The highest BCUT2D eigenvalue weighted by atomic mass is 127. The molecule has 0 heterocycles. The number of nitrogens with zero attached hydrogens (tertiary/aromatic N) is 2. The molecular weight excluding hydrogens is 539 g/mol. The third-order valence-corrected chi connectivity index (χ3v) is 6.73. The van der Waals surface area contributed by atoms with Crippen LogP contribution >= 0.6 is 22.6 Å². The standard InChI is InChI=1S/C24H35IN2O6/c1-4-7-12-22(28)27(13-14-32-31)19-15-17(24(30)26(5-2)6-3)16-21(23(19)29)33-20-11-9-8-10-18(20)25/h8-11,16,19,21,23,29,31H,4-7,12-15H2,1-3H3/t19-,21+,23+/m1/s1. The van der Waals surface area contributed by atoms with Gasteiger partial charge in [0.05, 0.1) is 16.2 Å². The molecule has 2 amide bonds. The molecule has 184 valence electrons. The van der Waals surface area contributed by atoms with Crippen LogP contribution in [0.1, 0.15) is 46.5 Å². The molecule has 2 N–H and O–H groups in total. The lowest BCUT2D eigenvalue weighted by molar-refractivity contribution is -0.245. The highest BCUT2D eigenvalue weighted by Gasteiger charge is 2.40. The quantitative estimate of drug-likeness (QED) is 0.226. The Balaban J connectivity index is 2.42. The van der Waals surface area contributed by atoms with Gasteiger partial charge in [-0.3, -0.25) is 14.8 Å². The number of aliphatic hydroxyl groups excluding tert-OH is 1. The molecule has 3 atom stereocenters. The lowest BCUT2D eigenvalue weighted by Crippen LogP contribution is -2.55. The predicted molar refractivity (Wildman–Crippen MR) is 134 cm³/mol. The molecule has 0 fully saturated rings. The molecule has 0 aromatic heterocycles. The van der Waals surface area contributed by atoms with Crippen molar-refractivity contribution in [2.45, 2.75) is 64.7 Å². The number of hydrogen-bond acceptors (Lipinski definition) is 6. The third kappa shape index (κ3) is 7.40. The molecule has 2 rings (SSSR count). The Hall–Kier alpha value is -1.69. The fraction of sp³-hybridized carbons (Fsp3) is 0.583. The number of ether oxygens (including phenoxy) is 1. The summed E-state index contributed by atoms with van der Waals surface area (Å²) in [5.74, 6) is 0.311. The van der Waals surface area contributed by atoms with E-state index in [0.717, 1.165) is 9.99 Å². The van der Waals surface area contributed by atoms with E-state index in [1.807, 2.05) is 45.0 Å². The average Bonchev–Trinajstić information content (AvgIpc) is 2.81. The van der Waals surface area contributed by atoms with Crippen molar-refractivity contribution >= 4 is 34.4 Å². The predicted octanol–water partition coefficient (Wildman–Crippen LogP) is 3.48. The number of carbonyl (C=O) groups excluding carboxylic acids is 2. The number of halogens is 1. The maximum absolute atomic E-state index is 13.2. The first-order valence-electron chi connectivity index (χ1n) is 11.5. The molecular formula is C24H35IN2O6. The second-order valence-electron chi connectivity index (χ2n) is 7.97. The maximum atomic E-state index is 13.2. The first kappa shape index (κ1) is 27.6. The van der Waals surface area contributed by atoms with Gasteiger partial charge >= 0.3 is 0 Å². The summed E-state index contributed by atoms with van der Waals surface area (Å²) in [6.07, 6.45) is 1.89. The van der Waals surface area contributed by atoms with Gasteiger partial charge in [0.25, 0.3) is 0 Å². The Morgan fingerprint density at radius 3 is 2.48 bits per heavy atom. The van der Waals surface area contributed by atoms with Crippen molar-refractivity contribution in [3.05, 3.63) is 39.5 Å². The molecule has 0 saturated heterocycles. The zero-order valence-corrected chi connectivity index (χ0v) is 21.7. The van der Waals surface area contributed by atoms with Crippen molar-refractivity contribution in [1.29, 1.82) is 0 Å². The molecule has 0 radical (unpaired) electrons. The number of likely N-dealkylation sites (N-methyl/N-ethyl adjacent to an activating group) is 1. The van der Waals surface area contributed by atoms with E-state index < -0.39 is 18.2 Å². The van der Waals surface area contributed by atoms with Gasteiger partial charge in [-0.2, -0.15) is 0 Å². The Morgan fingerprint density at radius 2 is 1.88 bits per heavy atom. The van der Waals surface area contributed by atoms with E-state index in [0.29, 0.717) is 37.3 Å². The van der Waals surface area contributed by atoms with Gasteiger partial charge in [0.1, 0.15) is 18.0 Å². The van der Waals surface area contributed by atoms with Gasteiger partial charge in [0.15, 0.2) is 0 Å². The summed E-state index contributed by atoms with van der Waals surface area (Å²) in [6.45, 7) is 6.94. The van der Waals surface area contributed by atoms with E-state index in [-0.39, 0.29) is 31.4 Å². The van der Waals surface area contributed by atoms with Gasteiger partial charge in [0.2, 0.25) is 11.8 Å². The molecule has 9 heteroatoms. The summed E-state index contributed by atoms with van der Waals surface area (Å²) in [6, 6.07) is 6.75. The highest BCUT2D eigenvalue weighted by Crippen LogP contribution is 2.30. The number of hydrogen-bond donors (Lipinski definition) is 2. The number of carbonyl (C=O) groups is 2. The number of unbranched alkanes of at least 4 members (excludes halogenated alkanes) is 1. The molecule has 0 saturated carbocycles. The molecule has 1 aliphatic carbocycles. The van der Waals surface area contributed by atoms with E-state index in [4.69, 9.17) is 9.99 Å². The summed E-state index contributed by atoms with van der Waals surface area (Å²) in [5.41, 5.74) is 0.503. The lowest BCUT2D eigenvalue weighted by atomic mass is 9.87. The lowest BCUT2D eigenvalue weighted by Gasteiger charge is -2.41. The minimum absolute atomic E-state index is 0.0910. The molecule has 8 nitrogen and oxygen atoms in total. The van der Waals surface area contributed by atoms with Crippen molar-refractivity contribution in [2.75, 3.05) is 26.2 Å². The van der Waals surface area contributed by atoms with Crippen molar-refractivity contribution in [2.24, 2.45) is 0 Å².